The fourth-order valence-electron chi connectivity index (χ4n) is 1.85. The fourth-order valence-corrected chi connectivity index (χ4v) is 1.85. The van der Waals surface area contributed by atoms with Gasteiger partial charge in [-0.05, 0) is 31.2 Å². The summed E-state index contributed by atoms with van der Waals surface area (Å²) < 4.78 is 5.55. The molecule has 0 saturated heterocycles. The van der Waals surface area contributed by atoms with Gasteiger partial charge in [-0.1, -0.05) is 6.07 Å². The molecule has 5 N–H and O–H groups in total. The summed E-state index contributed by atoms with van der Waals surface area (Å²) in [6, 6.07) is 10.5. The summed E-state index contributed by atoms with van der Waals surface area (Å²) >= 11 is 0. The van der Waals surface area contributed by atoms with Gasteiger partial charge in [-0.25, -0.2) is 4.98 Å². The van der Waals surface area contributed by atoms with Crippen molar-refractivity contribution in [1.29, 1.82) is 0 Å². The van der Waals surface area contributed by atoms with E-state index in [-0.39, 0.29) is 0 Å². The Morgan fingerprint density at radius 2 is 2.14 bits per heavy atom. The molecular weight excluding hydrogens is 268 g/mol. The van der Waals surface area contributed by atoms with Crippen LogP contribution < -0.4 is 21.5 Å². The number of rotatable bonds is 6. The number of amides is 1. The zero-order valence-corrected chi connectivity index (χ0v) is 11.8. The van der Waals surface area contributed by atoms with E-state index in [0.29, 0.717) is 36.0 Å². The molecule has 1 aromatic carbocycles. The van der Waals surface area contributed by atoms with Crippen molar-refractivity contribution in [2.75, 3.05) is 24.2 Å². The Morgan fingerprint density at radius 3 is 2.86 bits per heavy atom. The second kappa shape index (κ2) is 6.60. The molecule has 1 aromatic heterocycles. The van der Waals surface area contributed by atoms with E-state index < -0.39 is 5.91 Å². The maximum Gasteiger partial charge on any atom is 0.248 e. The summed E-state index contributed by atoms with van der Waals surface area (Å²) in [5.74, 6) is 0.839. The van der Waals surface area contributed by atoms with Gasteiger partial charge in [0.25, 0.3) is 0 Å². The molecule has 0 spiro atoms. The summed E-state index contributed by atoms with van der Waals surface area (Å²) in [4.78, 5) is 15.5. The Morgan fingerprint density at radius 1 is 1.33 bits per heavy atom. The van der Waals surface area contributed by atoms with Crippen molar-refractivity contribution >= 4 is 17.4 Å². The zero-order chi connectivity index (χ0) is 15.2. The lowest BCUT2D eigenvalue weighted by molar-refractivity contribution is 0.1000. The van der Waals surface area contributed by atoms with Gasteiger partial charge in [0.15, 0.2) is 0 Å². The summed E-state index contributed by atoms with van der Waals surface area (Å²) in [5.41, 5.74) is 12.8. The van der Waals surface area contributed by atoms with E-state index >= 15 is 0 Å². The first kappa shape index (κ1) is 14.6. The van der Waals surface area contributed by atoms with Gasteiger partial charge in [0.2, 0.25) is 5.91 Å². The molecule has 0 atom stereocenters. The Labute approximate surface area is 123 Å². The molecule has 0 aliphatic carbocycles. The Hall–Kier alpha value is -2.76. The van der Waals surface area contributed by atoms with Crippen LogP contribution in [0.5, 0.6) is 5.75 Å². The smallest absolute Gasteiger partial charge is 0.248 e. The second-order valence-corrected chi connectivity index (χ2v) is 4.59. The molecule has 1 amide bonds. The van der Waals surface area contributed by atoms with Crippen molar-refractivity contribution in [2.45, 2.75) is 6.92 Å². The number of carbonyl (C=O) groups is 1. The van der Waals surface area contributed by atoms with Crippen molar-refractivity contribution in [3.8, 4) is 5.75 Å². The van der Waals surface area contributed by atoms with Gasteiger partial charge in [0, 0.05) is 23.0 Å². The third kappa shape index (κ3) is 4.38. The molecule has 6 heteroatoms. The third-order valence-electron chi connectivity index (χ3n) is 2.77. The first-order valence-electron chi connectivity index (χ1n) is 6.55. The molecule has 2 aromatic rings. The normalized spacial score (nSPS) is 10.1. The molecule has 6 nitrogen and oxygen atoms in total. The van der Waals surface area contributed by atoms with Gasteiger partial charge in [-0.3, -0.25) is 4.79 Å². The topological polar surface area (TPSA) is 103 Å². The van der Waals surface area contributed by atoms with Crippen LogP contribution in [0.2, 0.25) is 0 Å². The average molecular weight is 286 g/mol. The number of primary amides is 1. The van der Waals surface area contributed by atoms with Crippen molar-refractivity contribution < 1.29 is 9.53 Å². The number of pyridine rings is 1. The van der Waals surface area contributed by atoms with E-state index in [0.717, 1.165) is 5.69 Å². The average Bonchev–Trinajstić information content (AvgIpc) is 2.43. The minimum atomic E-state index is -0.473. The number of hydrogen-bond acceptors (Lipinski definition) is 5. The van der Waals surface area contributed by atoms with E-state index in [1.54, 1.807) is 31.2 Å². The number of benzene rings is 1. The van der Waals surface area contributed by atoms with Crippen LogP contribution >= 0.6 is 0 Å². The second-order valence-electron chi connectivity index (χ2n) is 4.59. The van der Waals surface area contributed by atoms with Crippen LogP contribution in [-0.2, 0) is 0 Å². The highest BCUT2D eigenvalue weighted by Crippen LogP contribution is 2.14. The number of nitrogens with one attached hydrogen (secondary N) is 1. The monoisotopic (exact) mass is 286 g/mol. The number of nitrogens with zero attached hydrogens (tertiary/aromatic N) is 1. The quantitative estimate of drug-likeness (QED) is 0.552. The Balaban J connectivity index is 1.87. The highest BCUT2D eigenvalue weighted by atomic mass is 16.5. The fraction of sp³-hybridized carbons (Fsp3) is 0.200. The van der Waals surface area contributed by atoms with Crippen LogP contribution in [0, 0.1) is 6.92 Å². The molecule has 0 bridgehead atoms. The van der Waals surface area contributed by atoms with Crippen LogP contribution in [0.4, 0.5) is 11.5 Å². The van der Waals surface area contributed by atoms with E-state index in [4.69, 9.17) is 16.2 Å². The number of anilines is 2. The van der Waals surface area contributed by atoms with Crippen LogP contribution in [-0.4, -0.2) is 24.0 Å². The number of nitrogen functional groups attached to an aromatic ring is 1. The number of ether oxygens (including phenoxy) is 1. The molecular formula is C15H18N4O2. The molecule has 0 radical (unpaired) electrons. The van der Waals surface area contributed by atoms with Crippen molar-refractivity contribution in [3.05, 3.63) is 47.7 Å². The van der Waals surface area contributed by atoms with Crippen molar-refractivity contribution in [1.82, 2.24) is 4.98 Å². The van der Waals surface area contributed by atoms with Gasteiger partial charge >= 0.3 is 0 Å². The van der Waals surface area contributed by atoms with Crippen LogP contribution in [0.25, 0.3) is 0 Å². The first-order valence-corrected chi connectivity index (χ1v) is 6.55. The Bertz CT molecular complexity index is 643. The number of hydrogen-bond donors (Lipinski definition) is 3. The van der Waals surface area contributed by atoms with Gasteiger partial charge in [-0.2, -0.15) is 0 Å². The minimum absolute atomic E-state index is 0.432. The summed E-state index contributed by atoms with van der Waals surface area (Å²) in [7, 11) is 0. The van der Waals surface area contributed by atoms with E-state index in [9.17, 15) is 4.79 Å². The Kier molecular flexibility index (Phi) is 4.61. The third-order valence-corrected chi connectivity index (χ3v) is 2.77. The molecule has 0 unspecified atom stereocenters. The maximum atomic E-state index is 11.2. The lowest BCUT2D eigenvalue weighted by atomic mass is 10.2. The zero-order valence-electron chi connectivity index (χ0n) is 11.8. The molecule has 0 aliphatic heterocycles. The van der Waals surface area contributed by atoms with E-state index in [1.165, 1.54) is 0 Å². The predicted octanol–water partition coefficient (Wildman–Crippen LogP) is 1.56. The number of carbonyl (C=O) groups excluding carboxylic acids is 1. The lowest BCUT2D eigenvalue weighted by Crippen LogP contribution is -2.15. The molecule has 0 saturated carbocycles. The molecule has 0 aliphatic rings. The molecule has 110 valence electrons. The first-order chi connectivity index (χ1) is 10.0. The van der Waals surface area contributed by atoms with E-state index in [2.05, 4.69) is 10.3 Å². The summed E-state index contributed by atoms with van der Waals surface area (Å²) in [5, 5.41) is 3.09. The highest BCUT2D eigenvalue weighted by Gasteiger charge is 2.04. The van der Waals surface area contributed by atoms with E-state index in [1.807, 2.05) is 12.1 Å². The largest absolute Gasteiger partial charge is 0.492 e. The van der Waals surface area contributed by atoms with Gasteiger partial charge in [0.1, 0.15) is 18.2 Å². The van der Waals surface area contributed by atoms with Gasteiger partial charge in [-0.15, -0.1) is 0 Å². The lowest BCUT2D eigenvalue weighted by Gasteiger charge is -2.09. The van der Waals surface area contributed by atoms with Crippen LogP contribution in [0.15, 0.2) is 36.4 Å². The SMILES string of the molecule is Cc1cc(C(N)=O)cc(NCCOc2cccc(N)c2)n1. The maximum absolute atomic E-state index is 11.2. The number of aromatic nitrogens is 1. The summed E-state index contributed by atoms with van der Waals surface area (Å²) in [6.45, 7) is 2.80. The van der Waals surface area contributed by atoms with Crippen LogP contribution in [0.3, 0.4) is 0 Å². The molecule has 21 heavy (non-hydrogen) atoms. The molecule has 0 fully saturated rings. The standard InChI is InChI=1S/C15H18N4O2/c1-10-7-11(15(17)20)8-14(19-10)18-5-6-21-13-4-2-3-12(16)9-13/h2-4,7-9H,5-6,16H2,1H3,(H2,17,20)(H,18,19). The molecule has 1 heterocycles. The summed E-state index contributed by atoms with van der Waals surface area (Å²) in [6.07, 6.45) is 0. The highest BCUT2D eigenvalue weighted by molar-refractivity contribution is 5.93. The van der Waals surface area contributed by atoms with Crippen molar-refractivity contribution in [3.63, 3.8) is 0 Å². The number of aryl methyl sites for hydroxylation is 1. The van der Waals surface area contributed by atoms with Crippen LogP contribution in [0.1, 0.15) is 16.1 Å². The minimum Gasteiger partial charge on any atom is -0.492 e. The predicted molar refractivity (Wildman–Crippen MR) is 82.3 cm³/mol. The molecule has 2 rings (SSSR count). The van der Waals surface area contributed by atoms with Gasteiger partial charge in [0.05, 0.1) is 6.54 Å². The van der Waals surface area contributed by atoms with Gasteiger partial charge < -0.3 is 21.5 Å². The van der Waals surface area contributed by atoms with Crippen molar-refractivity contribution in [2.24, 2.45) is 5.73 Å². The number of nitrogens with two attached hydrogens (primary N) is 2.